The highest BCUT2D eigenvalue weighted by molar-refractivity contribution is 6.29. The van der Waals surface area contributed by atoms with Gasteiger partial charge in [-0.25, -0.2) is 9.40 Å². The van der Waals surface area contributed by atoms with Gasteiger partial charge >= 0.3 is 12.4 Å². The molecule has 0 spiro atoms. The van der Waals surface area contributed by atoms with Gasteiger partial charge < -0.3 is 10.2 Å². The molecule has 0 unspecified atom stereocenters. The molecule has 4 amide bonds. The number of nitrogens with zero attached hydrogens (tertiary/aromatic N) is 2. The summed E-state index contributed by atoms with van der Waals surface area (Å²) in [6, 6.07) is -0.435. The van der Waals surface area contributed by atoms with E-state index in [1.165, 1.54) is 0 Å². The van der Waals surface area contributed by atoms with Gasteiger partial charge in [-0.15, -0.1) is 0 Å². The minimum absolute atomic E-state index is 0.0140. The number of carbonyl (C=O) groups is 4. The van der Waals surface area contributed by atoms with Crippen molar-refractivity contribution in [2.24, 2.45) is 23.2 Å². The van der Waals surface area contributed by atoms with Crippen LogP contribution in [0.5, 0.6) is 0 Å². The first-order chi connectivity index (χ1) is 18.8. The average Bonchev–Trinajstić information content (AvgIpc) is 3.20. The highest BCUT2D eigenvalue weighted by Gasteiger charge is 2.69. The van der Waals surface area contributed by atoms with Crippen molar-refractivity contribution < 1.29 is 49.9 Å². The summed E-state index contributed by atoms with van der Waals surface area (Å²) in [5, 5.41) is 3.10. The van der Waals surface area contributed by atoms with E-state index in [0.29, 0.717) is 30.1 Å². The number of alkyl halides is 8. The summed E-state index contributed by atoms with van der Waals surface area (Å²) < 4.78 is 93.5. The number of likely N-dealkylation sites (tertiary alicyclic amines) is 1. The molecule has 0 bridgehead atoms. The molecule has 1 saturated carbocycles. The first-order valence-electron chi connectivity index (χ1n) is 12.6. The number of hydrogen-bond acceptors (Lipinski definition) is 4. The van der Waals surface area contributed by atoms with Gasteiger partial charge in [0, 0.05) is 13.1 Å². The molecule has 41 heavy (non-hydrogen) atoms. The Bertz CT molecular complexity index is 1220. The molecule has 4 rings (SSSR count). The van der Waals surface area contributed by atoms with E-state index in [9.17, 15) is 49.9 Å². The highest BCUT2D eigenvalue weighted by atomic mass is 35.5. The number of amides is 4. The van der Waals surface area contributed by atoms with Crippen molar-refractivity contribution >= 4 is 35.2 Å². The minimum Gasteiger partial charge on any atom is -0.356 e. The molecule has 1 aromatic rings. The van der Waals surface area contributed by atoms with Crippen LogP contribution in [0.4, 0.5) is 30.7 Å². The number of hydrogen-bond donors (Lipinski definition) is 2. The minimum atomic E-state index is -5.11. The van der Waals surface area contributed by atoms with E-state index >= 15 is 0 Å². The van der Waals surface area contributed by atoms with Crippen LogP contribution in [0.25, 0.3) is 0 Å². The second-order valence-corrected chi connectivity index (χ2v) is 11.4. The number of halogens is 8. The summed E-state index contributed by atoms with van der Waals surface area (Å²) in [6.45, 7) is 3.50. The van der Waals surface area contributed by atoms with Crippen LogP contribution in [0.15, 0.2) is 18.2 Å². The summed E-state index contributed by atoms with van der Waals surface area (Å²) in [4.78, 5) is 52.1. The van der Waals surface area contributed by atoms with Crippen LogP contribution in [-0.4, -0.2) is 64.8 Å². The Morgan fingerprint density at radius 1 is 1.12 bits per heavy atom. The van der Waals surface area contributed by atoms with Crippen LogP contribution < -0.4 is 10.7 Å². The molecule has 0 radical (unpaired) electrons. The second-order valence-electron chi connectivity index (χ2n) is 11.0. The number of benzene rings is 1. The third kappa shape index (κ3) is 6.24. The van der Waals surface area contributed by atoms with Gasteiger partial charge in [-0.05, 0) is 47.4 Å². The van der Waals surface area contributed by atoms with E-state index < -0.39 is 94.6 Å². The fourth-order valence-electron chi connectivity index (χ4n) is 5.79. The monoisotopic (exact) mass is 614 g/mol. The maximum Gasteiger partial charge on any atom is 0.416 e. The molecule has 8 nitrogen and oxygen atoms in total. The molecular weight excluding hydrogens is 589 g/mol. The quantitative estimate of drug-likeness (QED) is 0.292. The van der Waals surface area contributed by atoms with Gasteiger partial charge in [0.2, 0.25) is 11.8 Å². The Hall–Kier alpha value is -3.10. The number of piperidine rings is 1. The van der Waals surface area contributed by atoms with Crippen LogP contribution >= 0.6 is 11.6 Å². The van der Waals surface area contributed by atoms with Crippen molar-refractivity contribution in [3.8, 4) is 0 Å². The number of fused-ring (bicyclic) bond motifs is 1. The van der Waals surface area contributed by atoms with Crippen molar-refractivity contribution in [2.75, 3.05) is 19.6 Å². The number of carbonyl (C=O) groups excluding carboxylic acids is 4. The molecule has 2 aliphatic heterocycles. The first kappa shape index (κ1) is 30.8. The van der Waals surface area contributed by atoms with Gasteiger partial charge in [0.15, 0.2) is 0 Å². The zero-order chi connectivity index (χ0) is 30.7. The predicted molar refractivity (Wildman–Crippen MR) is 128 cm³/mol. The second kappa shape index (κ2) is 10.6. The van der Waals surface area contributed by atoms with E-state index in [2.05, 4.69) is 10.7 Å². The fraction of sp³-hybridized carbons (Fsp3) is 0.600. The molecule has 2 N–H and O–H groups in total. The van der Waals surface area contributed by atoms with Crippen LogP contribution in [0.3, 0.4) is 0 Å². The van der Waals surface area contributed by atoms with Crippen molar-refractivity contribution in [1.82, 2.24) is 20.7 Å². The molecule has 5 atom stereocenters. The van der Waals surface area contributed by atoms with Gasteiger partial charge in [-0.3, -0.25) is 24.6 Å². The molecule has 1 aliphatic carbocycles. The third-order valence-electron chi connectivity index (χ3n) is 8.06. The predicted octanol–water partition coefficient (Wildman–Crippen LogP) is 3.28. The van der Waals surface area contributed by atoms with Gasteiger partial charge in [0.05, 0.1) is 30.0 Å². The van der Waals surface area contributed by atoms with E-state index in [1.54, 1.807) is 0 Å². The lowest BCUT2D eigenvalue weighted by Crippen LogP contribution is -2.57. The smallest absolute Gasteiger partial charge is 0.356 e. The van der Waals surface area contributed by atoms with Crippen molar-refractivity contribution in [3.63, 3.8) is 0 Å². The van der Waals surface area contributed by atoms with Gasteiger partial charge in [-0.2, -0.15) is 26.3 Å². The molecule has 226 valence electrons. The summed E-state index contributed by atoms with van der Waals surface area (Å²) >= 11 is 5.29. The SMILES string of the molecule is CC1(C)[C@@H]2[C@@H](C(=O)NN(C[C@@H]3CCNC3=O)C(=O)[C@H](F)Cl)N(C(=O)Cc3cc(C(F)(F)F)cc(C(F)(F)F)c3)C[C@@H]21. The normalized spacial score (nSPS) is 25.8. The van der Waals surface area contributed by atoms with E-state index in [1.807, 2.05) is 13.8 Å². The Kier molecular flexibility index (Phi) is 8.00. The molecule has 3 aliphatic rings. The van der Waals surface area contributed by atoms with Crippen molar-refractivity contribution in [1.29, 1.82) is 0 Å². The maximum absolute atomic E-state index is 13.7. The Balaban J connectivity index is 1.58. The van der Waals surface area contributed by atoms with Gasteiger partial charge in [-0.1, -0.05) is 25.4 Å². The van der Waals surface area contributed by atoms with Crippen LogP contribution in [-0.2, 0) is 38.0 Å². The van der Waals surface area contributed by atoms with Crippen LogP contribution in [0, 0.1) is 23.2 Å². The summed E-state index contributed by atoms with van der Waals surface area (Å²) in [6.07, 6.45) is -10.8. The molecule has 0 aromatic heterocycles. The van der Waals surface area contributed by atoms with Gasteiger partial charge in [0.1, 0.15) is 6.04 Å². The van der Waals surface area contributed by atoms with Crippen LogP contribution in [0.1, 0.15) is 37.0 Å². The highest BCUT2D eigenvalue weighted by Crippen LogP contribution is 2.64. The lowest BCUT2D eigenvalue weighted by Gasteiger charge is -2.33. The lowest BCUT2D eigenvalue weighted by atomic mass is 9.98. The van der Waals surface area contributed by atoms with Crippen molar-refractivity contribution in [3.05, 3.63) is 34.9 Å². The Morgan fingerprint density at radius 3 is 2.20 bits per heavy atom. The number of rotatable bonds is 6. The molecule has 2 saturated heterocycles. The van der Waals surface area contributed by atoms with Crippen molar-refractivity contribution in [2.45, 2.75) is 50.7 Å². The maximum atomic E-state index is 13.7. The third-order valence-corrected chi connectivity index (χ3v) is 8.25. The summed E-state index contributed by atoms with van der Waals surface area (Å²) in [5.41, 5.74) is -4.49. The summed E-state index contributed by atoms with van der Waals surface area (Å²) in [5.74, 6) is -5.07. The average molecular weight is 615 g/mol. The van der Waals surface area contributed by atoms with E-state index in [0.717, 1.165) is 4.90 Å². The Labute approximate surface area is 234 Å². The first-order valence-corrected chi connectivity index (χ1v) is 13.0. The zero-order valence-electron chi connectivity index (χ0n) is 21.7. The number of nitrogens with one attached hydrogen (secondary N) is 2. The lowest BCUT2D eigenvalue weighted by molar-refractivity contribution is -0.149. The van der Waals surface area contributed by atoms with E-state index in [-0.39, 0.29) is 18.5 Å². The van der Waals surface area contributed by atoms with Crippen LogP contribution in [0.2, 0.25) is 0 Å². The largest absolute Gasteiger partial charge is 0.416 e. The van der Waals surface area contributed by atoms with Gasteiger partial charge in [0.25, 0.3) is 17.4 Å². The summed E-state index contributed by atoms with van der Waals surface area (Å²) in [7, 11) is 0. The topological polar surface area (TPSA) is 98.8 Å². The Morgan fingerprint density at radius 2 is 1.71 bits per heavy atom. The molecule has 1 aromatic carbocycles. The molecule has 2 heterocycles. The number of hydrazine groups is 1. The zero-order valence-corrected chi connectivity index (χ0v) is 22.5. The molecular formula is C25H26ClF7N4O4. The fourth-order valence-corrected chi connectivity index (χ4v) is 5.91. The molecule has 3 fully saturated rings. The standard InChI is InChI=1S/C25H26ClF7N4O4/c1-23(2)15-10-36(16(38)7-11-5-13(24(28,29)30)8-14(6-11)25(31,32)33)18(17(15)23)21(40)35-37(22(41)19(26)27)9-12-3-4-34-20(12)39/h5-6,8,12,15,17-19H,3-4,7,9-10H2,1-2H3,(H,34,39)(H,35,40)/t12-,15-,17-,18-,19-/m0/s1. The molecule has 16 heteroatoms. The van der Waals surface area contributed by atoms with E-state index in [4.69, 9.17) is 11.6 Å².